The first-order valence-corrected chi connectivity index (χ1v) is 9.69. The average Bonchev–Trinajstić information content (AvgIpc) is 2.47. The molecule has 4 nitrogen and oxygen atoms in total. The van der Waals surface area contributed by atoms with E-state index >= 15 is 0 Å². The van der Waals surface area contributed by atoms with Crippen molar-refractivity contribution in [2.75, 3.05) is 0 Å². The van der Waals surface area contributed by atoms with Crippen molar-refractivity contribution in [3.8, 4) is 0 Å². The van der Waals surface area contributed by atoms with E-state index in [-0.39, 0.29) is 0 Å². The molecule has 0 saturated heterocycles. The largest absolute Gasteiger partial charge is 0.485 e. The van der Waals surface area contributed by atoms with Crippen LogP contribution in [-0.2, 0) is 30.5 Å². The SMILES string of the molecule is CC(=O)O[Si](Cc1ccccc1)(Cc1ccccc1)OC(C)=O. The van der Waals surface area contributed by atoms with Crippen molar-refractivity contribution in [1.29, 1.82) is 0 Å². The topological polar surface area (TPSA) is 52.6 Å². The van der Waals surface area contributed by atoms with Gasteiger partial charge in [-0.3, -0.25) is 9.59 Å². The molecule has 0 unspecified atom stereocenters. The third-order valence-electron chi connectivity index (χ3n) is 3.29. The summed E-state index contributed by atoms with van der Waals surface area (Å²) in [6.45, 7) is 2.70. The second-order valence-corrected chi connectivity index (χ2v) is 8.36. The molecule has 0 radical (unpaired) electrons. The molecule has 0 aliphatic carbocycles. The average molecular weight is 328 g/mol. The molecule has 0 bridgehead atoms. The van der Waals surface area contributed by atoms with Gasteiger partial charge in [0.05, 0.1) is 0 Å². The highest BCUT2D eigenvalue weighted by molar-refractivity contribution is 6.69. The quantitative estimate of drug-likeness (QED) is 0.765. The van der Waals surface area contributed by atoms with Gasteiger partial charge in [-0.25, -0.2) is 0 Å². The van der Waals surface area contributed by atoms with Gasteiger partial charge in [0.1, 0.15) is 0 Å². The van der Waals surface area contributed by atoms with Gasteiger partial charge < -0.3 is 8.85 Å². The van der Waals surface area contributed by atoms with Gasteiger partial charge in [0.2, 0.25) is 0 Å². The number of benzene rings is 2. The second-order valence-electron chi connectivity index (χ2n) is 5.42. The molecule has 23 heavy (non-hydrogen) atoms. The minimum atomic E-state index is -3.10. The van der Waals surface area contributed by atoms with Crippen LogP contribution in [0, 0.1) is 0 Å². The molecule has 0 heterocycles. The van der Waals surface area contributed by atoms with Crippen LogP contribution in [0.1, 0.15) is 25.0 Å². The van der Waals surface area contributed by atoms with Crippen LogP contribution >= 0.6 is 0 Å². The highest BCUT2D eigenvalue weighted by Gasteiger charge is 2.44. The number of carbonyl (C=O) groups is 2. The van der Waals surface area contributed by atoms with Gasteiger partial charge in [-0.2, -0.15) is 0 Å². The molecule has 2 aromatic carbocycles. The summed E-state index contributed by atoms with van der Waals surface area (Å²) in [5.41, 5.74) is 1.97. The lowest BCUT2D eigenvalue weighted by Crippen LogP contribution is -2.50. The van der Waals surface area contributed by atoms with Gasteiger partial charge in [-0.1, -0.05) is 60.7 Å². The van der Waals surface area contributed by atoms with E-state index in [0.29, 0.717) is 12.1 Å². The summed E-state index contributed by atoms with van der Waals surface area (Å²) in [5.74, 6) is -0.852. The molecule has 0 saturated carbocycles. The second kappa shape index (κ2) is 7.74. The molecule has 2 aromatic rings. The zero-order valence-corrected chi connectivity index (χ0v) is 14.3. The Hall–Kier alpha value is -2.40. The Morgan fingerprint density at radius 3 is 1.39 bits per heavy atom. The van der Waals surface area contributed by atoms with Gasteiger partial charge in [-0.15, -0.1) is 0 Å². The molecule has 0 atom stereocenters. The summed E-state index contributed by atoms with van der Waals surface area (Å²) in [7, 11) is -3.10. The molecular formula is C18H20O4Si. The van der Waals surface area contributed by atoms with Crippen molar-refractivity contribution in [3.05, 3.63) is 71.8 Å². The van der Waals surface area contributed by atoms with E-state index < -0.39 is 20.5 Å². The van der Waals surface area contributed by atoms with Crippen LogP contribution < -0.4 is 0 Å². The normalized spacial score (nSPS) is 10.9. The smallest absolute Gasteiger partial charge is 0.473 e. The van der Waals surface area contributed by atoms with Crippen molar-refractivity contribution in [2.24, 2.45) is 0 Å². The Labute approximate surface area is 137 Å². The molecule has 0 fully saturated rings. The molecule has 0 spiro atoms. The van der Waals surface area contributed by atoms with E-state index in [0.717, 1.165) is 11.1 Å². The van der Waals surface area contributed by atoms with Crippen LogP contribution in [-0.4, -0.2) is 20.5 Å². The van der Waals surface area contributed by atoms with Crippen LogP contribution in [0.4, 0.5) is 0 Å². The van der Waals surface area contributed by atoms with Gasteiger partial charge in [0.15, 0.2) is 0 Å². The minimum Gasteiger partial charge on any atom is -0.485 e. The molecule has 5 heteroatoms. The molecule has 0 aromatic heterocycles. The van der Waals surface area contributed by atoms with Gasteiger partial charge in [0.25, 0.3) is 11.9 Å². The summed E-state index contributed by atoms with van der Waals surface area (Å²) in [6, 6.07) is 20.1. The molecule has 0 aliphatic rings. The van der Waals surface area contributed by atoms with Crippen molar-refractivity contribution in [2.45, 2.75) is 25.9 Å². The zero-order chi connectivity index (χ0) is 16.7. The molecule has 120 valence electrons. The lowest BCUT2D eigenvalue weighted by atomic mass is 10.2. The summed E-state index contributed by atoms with van der Waals surface area (Å²) >= 11 is 0. The van der Waals surface area contributed by atoms with E-state index in [1.807, 2.05) is 60.7 Å². The van der Waals surface area contributed by atoms with E-state index in [2.05, 4.69) is 0 Å². The van der Waals surface area contributed by atoms with Crippen LogP contribution in [0.15, 0.2) is 60.7 Å². The fourth-order valence-electron chi connectivity index (χ4n) is 2.57. The first-order valence-electron chi connectivity index (χ1n) is 7.46. The standard InChI is InChI=1S/C18H20O4Si/c1-15(19)21-23(22-16(2)20,13-17-9-5-3-6-10-17)14-18-11-7-4-8-12-18/h3-12H,13-14H2,1-2H3. The van der Waals surface area contributed by atoms with Crippen LogP contribution in [0.2, 0.25) is 0 Å². The fourth-order valence-corrected chi connectivity index (χ4v) is 5.78. The minimum absolute atomic E-state index is 0.426. The zero-order valence-electron chi connectivity index (χ0n) is 13.3. The van der Waals surface area contributed by atoms with E-state index in [4.69, 9.17) is 8.85 Å². The monoisotopic (exact) mass is 328 g/mol. The molecule has 0 amide bonds. The number of carbonyl (C=O) groups excluding carboxylic acids is 2. The summed E-state index contributed by atoms with van der Waals surface area (Å²) in [4.78, 5) is 23.3. The van der Waals surface area contributed by atoms with E-state index in [1.54, 1.807) is 0 Å². The third-order valence-corrected chi connectivity index (χ3v) is 6.50. The van der Waals surface area contributed by atoms with Crippen molar-refractivity contribution < 1.29 is 18.4 Å². The first kappa shape index (κ1) is 17.0. The first-order chi connectivity index (χ1) is 11.0. The number of rotatable bonds is 6. The highest BCUT2D eigenvalue weighted by atomic mass is 28.4. The van der Waals surface area contributed by atoms with Crippen molar-refractivity contribution in [1.82, 2.24) is 0 Å². The molecular weight excluding hydrogens is 308 g/mol. The lowest BCUT2D eigenvalue weighted by molar-refractivity contribution is -0.139. The Morgan fingerprint density at radius 2 is 1.09 bits per heavy atom. The third kappa shape index (κ3) is 5.38. The summed E-state index contributed by atoms with van der Waals surface area (Å²) < 4.78 is 11.2. The van der Waals surface area contributed by atoms with Crippen molar-refractivity contribution >= 4 is 20.5 Å². The molecule has 2 rings (SSSR count). The van der Waals surface area contributed by atoms with Crippen LogP contribution in [0.3, 0.4) is 0 Å². The van der Waals surface area contributed by atoms with Crippen LogP contribution in [0.25, 0.3) is 0 Å². The maximum absolute atomic E-state index is 11.6. The van der Waals surface area contributed by atoms with Crippen LogP contribution in [0.5, 0.6) is 0 Å². The van der Waals surface area contributed by atoms with Crippen molar-refractivity contribution in [3.63, 3.8) is 0 Å². The Kier molecular flexibility index (Phi) is 5.70. The number of hydrogen-bond donors (Lipinski definition) is 0. The van der Waals surface area contributed by atoms with Gasteiger partial charge in [-0.05, 0) is 11.1 Å². The molecule has 0 aliphatic heterocycles. The maximum Gasteiger partial charge on any atom is 0.473 e. The van der Waals surface area contributed by atoms with Gasteiger partial charge in [0, 0.05) is 25.9 Å². The Morgan fingerprint density at radius 1 is 0.739 bits per heavy atom. The highest BCUT2D eigenvalue weighted by Crippen LogP contribution is 2.21. The van der Waals surface area contributed by atoms with E-state index in [9.17, 15) is 9.59 Å². The molecule has 0 N–H and O–H groups in total. The Balaban J connectivity index is 2.36. The lowest BCUT2D eigenvalue weighted by Gasteiger charge is -2.29. The summed E-state index contributed by atoms with van der Waals surface area (Å²) in [6.07, 6.45) is 0. The van der Waals surface area contributed by atoms with Gasteiger partial charge >= 0.3 is 8.56 Å². The fraction of sp³-hybridized carbons (Fsp3) is 0.222. The maximum atomic E-state index is 11.6. The predicted octanol–water partition coefficient (Wildman–Crippen LogP) is 3.12. The Bertz CT molecular complexity index is 596. The predicted molar refractivity (Wildman–Crippen MR) is 89.6 cm³/mol. The number of hydrogen-bond acceptors (Lipinski definition) is 4. The summed E-state index contributed by atoms with van der Waals surface area (Å²) in [5, 5.41) is 0. The van der Waals surface area contributed by atoms with E-state index in [1.165, 1.54) is 13.8 Å².